The number of amides is 1. The van der Waals surface area contributed by atoms with Gasteiger partial charge in [0.2, 0.25) is 0 Å². The van der Waals surface area contributed by atoms with Crippen molar-refractivity contribution < 1.29 is 14.3 Å². The fourth-order valence-electron chi connectivity index (χ4n) is 4.51. The van der Waals surface area contributed by atoms with Crippen LogP contribution in [-0.4, -0.2) is 49.8 Å². The average molecular weight is 419 g/mol. The molecule has 1 heterocycles. The molecule has 0 saturated carbocycles. The molecular weight excluding hydrogens is 376 g/mol. The van der Waals surface area contributed by atoms with Gasteiger partial charge in [-0.3, -0.25) is 9.69 Å². The van der Waals surface area contributed by atoms with Crippen LogP contribution < -0.4 is 10.1 Å². The quantitative estimate of drug-likeness (QED) is 0.536. The van der Waals surface area contributed by atoms with E-state index in [9.17, 15) is 4.79 Å². The second-order valence-corrected chi connectivity index (χ2v) is 9.77. The Morgan fingerprint density at radius 3 is 2.33 bits per heavy atom. The second-order valence-electron chi connectivity index (χ2n) is 9.77. The maximum Gasteiger partial charge on any atom is 0.256 e. The minimum Gasteiger partial charge on any atom is -0.492 e. The Kier molecular flexibility index (Phi) is 9.63. The molecule has 2 rings (SSSR count). The summed E-state index contributed by atoms with van der Waals surface area (Å²) in [6.07, 6.45) is 4.02. The number of piperidine rings is 1. The van der Waals surface area contributed by atoms with Crippen LogP contribution in [0.4, 0.5) is 5.69 Å². The Morgan fingerprint density at radius 1 is 1.17 bits per heavy atom. The Morgan fingerprint density at radius 2 is 1.80 bits per heavy atom. The van der Waals surface area contributed by atoms with Gasteiger partial charge in [0.1, 0.15) is 18.0 Å². The van der Waals surface area contributed by atoms with Crippen molar-refractivity contribution in [1.29, 1.82) is 0 Å². The number of carbonyl (C=O) groups is 1. The van der Waals surface area contributed by atoms with Gasteiger partial charge in [-0.05, 0) is 74.2 Å². The number of benzene rings is 1. The van der Waals surface area contributed by atoms with Crippen molar-refractivity contribution in [2.75, 3.05) is 38.7 Å². The molecule has 1 saturated heterocycles. The first kappa shape index (κ1) is 24.7. The highest BCUT2D eigenvalue weighted by molar-refractivity contribution is 5.97. The van der Waals surface area contributed by atoms with E-state index in [0.29, 0.717) is 31.3 Å². The maximum absolute atomic E-state index is 13.1. The van der Waals surface area contributed by atoms with Crippen LogP contribution in [0.2, 0.25) is 0 Å². The van der Waals surface area contributed by atoms with E-state index in [-0.39, 0.29) is 5.91 Å². The molecule has 1 atom stereocenters. The lowest BCUT2D eigenvalue weighted by molar-refractivity contribution is -0.142. The van der Waals surface area contributed by atoms with E-state index in [2.05, 4.69) is 44.8 Å². The lowest BCUT2D eigenvalue weighted by atomic mass is 9.84. The molecule has 30 heavy (non-hydrogen) atoms. The molecule has 0 aromatic heterocycles. The summed E-state index contributed by atoms with van der Waals surface area (Å²) in [6.45, 7) is 14.8. The summed E-state index contributed by atoms with van der Waals surface area (Å²) in [7, 11) is 1.64. The van der Waals surface area contributed by atoms with E-state index in [4.69, 9.17) is 9.47 Å². The van der Waals surface area contributed by atoms with Crippen LogP contribution in [0.3, 0.4) is 0 Å². The minimum atomic E-state index is -0.802. The molecule has 1 aliphatic rings. The Bertz CT molecular complexity index is 632. The summed E-state index contributed by atoms with van der Waals surface area (Å²) in [5, 5.41) is 3.06. The fourth-order valence-corrected chi connectivity index (χ4v) is 4.51. The summed E-state index contributed by atoms with van der Waals surface area (Å²) < 4.78 is 11.7. The van der Waals surface area contributed by atoms with Crippen LogP contribution in [0.15, 0.2) is 24.3 Å². The van der Waals surface area contributed by atoms with Gasteiger partial charge in [0.15, 0.2) is 0 Å². The number of likely N-dealkylation sites (tertiary alicyclic amines) is 1. The highest BCUT2D eigenvalue weighted by atomic mass is 16.5. The first-order chi connectivity index (χ1) is 14.2. The van der Waals surface area contributed by atoms with Gasteiger partial charge in [0, 0.05) is 25.9 Å². The van der Waals surface area contributed by atoms with Crippen LogP contribution in [0, 0.1) is 17.8 Å². The van der Waals surface area contributed by atoms with Crippen molar-refractivity contribution >= 4 is 11.6 Å². The monoisotopic (exact) mass is 418 g/mol. The summed E-state index contributed by atoms with van der Waals surface area (Å²) in [6, 6.07) is 7.66. The lowest BCUT2D eigenvalue weighted by Gasteiger charge is -2.34. The predicted octanol–water partition coefficient (Wildman–Crippen LogP) is 5.21. The average Bonchev–Trinajstić information content (AvgIpc) is 2.68. The summed E-state index contributed by atoms with van der Waals surface area (Å²) >= 11 is 0. The number of methoxy groups -OCH3 is 1. The fraction of sp³-hybridized carbons (Fsp3) is 0.720. The molecule has 1 aromatic carbocycles. The zero-order chi connectivity index (χ0) is 22.1. The molecule has 1 aromatic rings. The number of carbonyl (C=O) groups excluding carboxylic acids is 1. The highest BCUT2D eigenvalue weighted by Gasteiger charge is 2.39. The third-order valence-corrected chi connectivity index (χ3v) is 5.81. The first-order valence-electron chi connectivity index (χ1n) is 11.6. The maximum atomic E-state index is 13.1. The number of nitrogens with one attached hydrogen (secondary N) is 1. The smallest absolute Gasteiger partial charge is 0.256 e. The molecule has 1 aliphatic heterocycles. The van der Waals surface area contributed by atoms with Gasteiger partial charge >= 0.3 is 0 Å². The van der Waals surface area contributed by atoms with Gasteiger partial charge in [-0.1, -0.05) is 34.6 Å². The van der Waals surface area contributed by atoms with Gasteiger partial charge in [-0.15, -0.1) is 0 Å². The minimum absolute atomic E-state index is 0.0692. The van der Waals surface area contributed by atoms with Gasteiger partial charge in [-0.2, -0.15) is 0 Å². The van der Waals surface area contributed by atoms with Crippen LogP contribution >= 0.6 is 0 Å². The largest absolute Gasteiger partial charge is 0.492 e. The number of ether oxygens (including phenoxy) is 2. The molecule has 0 bridgehead atoms. The Hall–Kier alpha value is -1.59. The van der Waals surface area contributed by atoms with Crippen molar-refractivity contribution in [3.05, 3.63) is 24.3 Å². The molecule has 0 radical (unpaired) electrons. The normalized spacial score (nSPS) is 18.1. The third kappa shape index (κ3) is 7.59. The van der Waals surface area contributed by atoms with Crippen molar-refractivity contribution in [1.82, 2.24) is 4.90 Å². The molecular formula is C25H42N2O3. The number of rotatable bonds is 11. The van der Waals surface area contributed by atoms with E-state index in [1.807, 2.05) is 24.3 Å². The summed E-state index contributed by atoms with van der Waals surface area (Å²) in [5.41, 5.74) is -0.0329. The van der Waals surface area contributed by atoms with Crippen molar-refractivity contribution in [2.45, 2.75) is 65.9 Å². The van der Waals surface area contributed by atoms with Crippen molar-refractivity contribution in [3.63, 3.8) is 0 Å². The summed E-state index contributed by atoms with van der Waals surface area (Å²) in [4.78, 5) is 15.6. The van der Waals surface area contributed by atoms with Crippen LogP contribution in [0.1, 0.15) is 60.3 Å². The van der Waals surface area contributed by atoms with Gasteiger partial charge in [0.05, 0.1) is 0 Å². The van der Waals surface area contributed by atoms with Gasteiger partial charge in [-0.25, -0.2) is 0 Å². The topological polar surface area (TPSA) is 50.8 Å². The van der Waals surface area contributed by atoms with Crippen LogP contribution in [0.25, 0.3) is 0 Å². The molecule has 1 amide bonds. The van der Waals surface area contributed by atoms with E-state index < -0.39 is 5.60 Å². The number of hydrogen-bond donors (Lipinski definition) is 1. The zero-order valence-corrected chi connectivity index (χ0v) is 19.9. The number of hydrogen-bond acceptors (Lipinski definition) is 4. The van der Waals surface area contributed by atoms with Crippen molar-refractivity contribution in [3.8, 4) is 5.75 Å². The molecule has 0 spiro atoms. The predicted molar refractivity (Wildman–Crippen MR) is 124 cm³/mol. The van der Waals surface area contributed by atoms with E-state index in [0.717, 1.165) is 23.9 Å². The third-order valence-electron chi connectivity index (χ3n) is 5.81. The van der Waals surface area contributed by atoms with Gasteiger partial charge < -0.3 is 14.8 Å². The highest BCUT2D eigenvalue weighted by Crippen LogP contribution is 2.30. The second kappa shape index (κ2) is 11.7. The molecule has 0 aliphatic carbocycles. The number of anilines is 1. The van der Waals surface area contributed by atoms with Crippen LogP contribution in [-0.2, 0) is 9.53 Å². The SMILES string of the molecule is COC(CC(C)C)(CC(C)C)C(=O)Nc1ccc(OCCN2CCC[C@H](C)C2)cc1. The van der Waals surface area contributed by atoms with E-state index in [1.54, 1.807) is 7.11 Å². The molecule has 5 nitrogen and oxygen atoms in total. The molecule has 170 valence electrons. The molecule has 1 fully saturated rings. The zero-order valence-electron chi connectivity index (χ0n) is 19.9. The van der Waals surface area contributed by atoms with Crippen molar-refractivity contribution in [2.24, 2.45) is 17.8 Å². The Balaban J connectivity index is 1.90. The van der Waals surface area contributed by atoms with Gasteiger partial charge in [0.25, 0.3) is 5.91 Å². The van der Waals surface area contributed by atoms with E-state index in [1.165, 1.54) is 25.9 Å². The summed E-state index contributed by atoms with van der Waals surface area (Å²) in [5.74, 6) is 2.29. The van der Waals surface area contributed by atoms with E-state index >= 15 is 0 Å². The number of nitrogens with zero attached hydrogens (tertiary/aromatic N) is 1. The standard InChI is InChI=1S/C25H42N2O3/c1-19(2)16-25(29-6,17-20(3)4)24(28)26-22-9-11-23(12-10-22)30-15-14-27-13-7-8-21(5)18-27/h9-12,19-21H,7-8,13-18H2,1-6H3,(H,26,28)/t21-/m0/s1. The van der Waals surface area contributed by atoms with Crippen LogP contribution in [0.5, 0.6) is 5.75 Å². The molecule has 1 N–H and O–H groups in total. The first-order valence-corrected chi connectivity index (χ1v) is 11.6. The molecule has 0 unspecified atom stereocenters. The molecule has 5 heteroatoms. The lowest BCUT2D eigenvalue weighted by Crippen LogP contribution is -2.46. The Labute approximate surface area is 183 Å².